The third kappa shape index (κ3) is 2.53. The Kier molecular flexibility index (Phi) is 3.55. The van der Waals surface area contributed by atoms with Gasteiger partial charge in [0.05, 0.1) is 13.5 Å². The lowest BCUT2D eigenvalue weighted by Crippen LogP contribution is -2.20. The van der Waals surface area contributed by atoms with Crippen LogP contribution in [0.15, 0.2) is 42.5 Å². The number of benzene rings is 2. The molecule has 0 radical (unpaired) electrons. The van der Waals surface area contributed by atoms with E-state index in [1.165, 1.54) is 0 Å². The number of nitrogens with zero attached hydrogens (tertiary/aromatic N) is 1. The molecule has 0 aliphatic carbocycles. The monoisotopic (exact) mass is 296 g/mol. The summed E-state index contributed by atoms with van der Waals surface area (Å²) in [5.74, 6) is 0.483. The number of hydrogen-bond donors (Lipinski definition) is 1. The van der Waals surface area contributed by atoms with E-state index in [1.54, 1.807) is 49.4 Å². The Morgan fingerprint density at radius 3 is 2.82 bits per heavy atom. The van der Waals surface area contributed by atoms with Gasteiger partial charge >= 0.3 is 0 Å². The summed E-state index contributed by atoms with van der Waals surface area (Å²) >= 11 is 0. The van der Waals surface area contributed by atoms with Crippen LogP contribution < -0.4 is 15.0 Å². The molecule has 5 nitrogen and oxygen atoms in total. The van der Waals surface area contributed by atoms with Gasteiger partial charge in [0, 0.05) is 24.0 Å². The molecule has 1 aliphatic rings. The molecule has 2 aromatic rings. The van der Waals surface area contributed by atoms with Gasteiger partial charge in [-0.15, -0.1) is 0 Å². The van der Waals surface area contributed by atoms with E-state index in [4.69, 9.17) is 4.74 Å². The summed E-state index contributed by atoms with van der Waals surface area (Å²) in [6.45, 7) is 0. The lowest BCUT2D eigenvalue weighted by Gasteiger charge is -2.11. The van der Waals surface area contributed by atoms with Crippen LogP contribution in [-0.2, 0) is 11.2 Å². The zero-order valence-corrected chi connectivity index (χ0v) is 12.4. The Labute approximate surface area is 128 Å². The molecule has 1 N–H and O–H groups in total. The normalized spacial score (nSPS) is 13.0. The second-order valence-corrected chi connectivity index (χ2v) is 5.16. The highest BCUT2D eigenvalue weighted by Crippen LogP contribution is 2.30. The molecule has 5 heteroatoms. The molecule has 2 amide bonds. The molecule has 0 saturated carbocycles. The van der Waals surface area contributed by atoms with Gasteiger partial charge < -0.3 is 15.0 Å². The van der Waals surface area contributed by atoms with Gasteiger partial charge in [-0.1, -0.05) is 6.07 Å². The van der Waals surface area contributed by atoms with Gasteiger partial charge in [0.25, 0.3) is 5.91 Å². The highest BCUT2D eigenvalue weighted by molar-refractivity contribution is 6.06. The fourth-order valence-corrected chi connectivity index (χ4v) is 2.52. The van der Waals surface area contributed by atoms with Crippen LogP contribution in [0.1, 0.15) is 15.9 Å². The molecule has 1 aliphatic heterocycles. The molecule has 112 valence electrons. The van der Waals surface area contributed by atoms with Gasteiger partial charge in [-0.05, 0) is 42.0 Å². The minimum atomic E-state index is -0.212. The Morgan fingerprint density at radius 1 is 1.23 bits per heavy atom. The van der Waals surface area contributed by atoms with Crippen LogP contribution in [0.5, 0.6) is 5.75 Å². The summed E-state index contributed by atoms with van der Waals surface area (Å²) in [5, 5.41) is 2.84. The molecule has 2 aromatic carbocycles. The van der Waals surface area contributed by atoms with Crippen LogP contribution in [0, 0.1) is 0 Å². The van der Waals surface area contributed by atoms with Gasteiger partial charge in [-0.25, -0.2) is 0 Å². The van der Waals surface area contributed by atoms with Crippen molar-refractivity contribution in [1.82, 2.24) is 0 Å². The fourth-order valence-electron chi connectivity index (χ4n) is 2.52. The van der Waals surface area contributed by atoms with Crippen LogP contribution in [0.4, 0.5) is 11.4 Å². The average molecular weight is 296 g/mol. The van der Waals surface area contributed by atoms with E-state index < -0.39 is 0 Å². The van der Waals surface area contributed by atoms with Crippen molar-refractivity contribution in [3.05, 3.63) is 53.6 Å². The first-order valence-electron chi connectivity index (χ1n) is 6.93. The number of rotatable bonds is 3. The van der Waals surface area contributed by atoms with Crippen LogP contribution in [0.2, 0.25) is 0 Å². The third-order valence-electron chi connectivity index (χ3n) is 3.75. The van der Waals surface area contributed by atoms with Gasteiger partial charge in [0.1, 0.15) is 5.75 Å². The summed E-state index contributed by atoms with van der Waals surface area (Å²) in [6.07, 6.45) is 0.370. The predicted molar refractivity (Wildman–Crippen MR) is 84.5 cm³/mol. The Hall–Kier alpha value is -2.82. The number of anilines is 2. The van der Waals surface area contributed by atoms with Crippen LogP contribution in [-0.4, -0.2) is 26.0 Å². The van der Waals surface area contributed by atoms with Crippen molar-refractivity contribution in [2.75, 3.05) is 24.4 Å². The number of carbonyl (C=O) groups is 2. The molecule has 0 unspecified atom stereocenters. The second kappa shape index (κ2) is 5.52. The number of fused-ring (bicyclic) bond motifs is 1. The number of nitrogens with one attached hydrogen (secondary N) is 1. The van der Waals surface area contributed by atoms with Gasteiger partial charge in [-0.3, -0.25) is 9.59 Å². The van der Waals surface area contributed by atoms with Gasteiger partial charge in [0.15, 0.2) is 0 Å². The lowest BCUT2D eigenvalue weighted by molar-refractivity contribution is -0.117. The second-order valence-electron chi connectivity index (χ2n) is 5.16. The predicted octanol–water partition coefficient (Wildman–Crippen LogP) is 2.47. The standard InChI is InChI=1S/C17H16N2O3/c1-19-15-7-6-13(8-12(15)10-16(19)20)18-17(21)11-4-3-5-14(9-11)22-2/h3-9H,10H2,1-2H3,(H,18,21). The average Bonchev–Trinajstić information content (AvgIpc) is 2.81. The maximum atomic E-state index is 12.3. The molecule has 0 saturated heterocycles. The summed E-state index contributed by atoms with van der Waals surface area (Å²) in [6, 6.07) is 12.4. The smallest absolute Gasteiger partial charge is 0.255 e. The first kappa shape index (κ1) is 14.1. The Bertz CT molecular complexity index is 755. The highest BCUT2D eigenvalue weighted by atomic mass is 16.5. The summed E-state index contributed by atoms with van der Waals surface area (Å²) < 4.78 is 5.12. The van der Waals surface area contributed by atoms with Gasteiger partial charge in [0.2, 0.25) is 5.91 Å². The zero-order valence-electron chi connectivity index (χ0n) is 12.4. The summed E-state index contributed by atoms with van der Waals surface area (Å²) in [5.41, 5.74) is 3.02. The summed E-state index contributed by atoms with van der Waals surface area (Å²) in [4.78, 5) is 25.6. The zero-order chi connectivity index (χ0) is 15.7. The van der Waals surface area contributed by atoms with Crippen molar-refractivity contribution in [2.45, 2.75) is 6.42 Å². The van der Waals surface area contributed by atoms with E-state index in [0.717, 1.165) is 11.3 Å². The number of ether oxygens (including phenoxy) is 1. The van der Waals surface area contributed by atoms with E-state index >= 15 is 0 Å². The van der Waals surface area contributed by atoms with Crippen molar-refractivity contribution in [2.24, 2.45) is 0 Å². The fraction of sp³-hybridized carbons (Fsp3) is 0.176. The maximum absolute atomic E-state index is 12.3. The maximum Gasteiger partial charge on any atom is 0.255 e. The first-order chi connectivity index (χ1) is 10.6. The Balaban J connectivity index is 1.80. The SMILES string of the molecule is COc1cccc(C(=O)Nc2ccc3c(c2)CC(=O)N3C)c1. The molecule has 0 aromatic heterocycles. The minimum Gasteiger partial charge on any atom is -0.497 e. The van der Waals surface area contributed by atoms with Crippen molar-refractivity contribution < 1.29 is 14.3 Å². The van der Waals surface area contributed by atoms with Crippen LogP contribution in [0.3, 0.4) is 0 Å². The summed E-state index contributed by atoms with van der Waals surface area (Å²) in [7, 11) is 3.31. The minimum absolute atomic E-state index is 0.0614. The number of amides is 2. The van der Waals surface area contributed by atoms with E-state index in [0.29, 0.717) is 23.4 Å². The molecular formula is C17H16N2O3. The molecule has 3 rings (SSSR count). The van der Waals surface area contributed by atoms with Crippen molar-refractivity contribution in [3.8, 4) is 5.75 Å². The molecule has 22 heavy (non-hydrogen) atoms. The largest absolute Gasteiger partial charge is 0.497 e. The van der Waals surface area contributed by atoms with Gasteiger partial charge in [-0.2, -0.15) is 0 Å². The number of carbonyl (C=O) groups excluding carboxylic acids is 2. The molecule has 0 atom stereocenters. The molecule has 0 bridgehead atoms. The number of methoxy groups -OCH3 is 1. The highest BCUT2D eigenvalue weighted by Gasteiger charge is 2.24. The molecule has 1 heterocycles. The van der Waals surface area contributed by atoms with E-state index in [1.807, 2.05) is 12.1 Å². The van der Waals surface area contributed by atoms with Crippen molar-refractivity contribution >= 4 is 23.2 Å². The van der Waals surface area contributed by atoms with Crippen LogP contribution in [0.25, 0.3) is 0 Å². The van der Waals surface area contributed by atoms with Crippen molar-refractivity contribution in [3.63, 3.8) is 0 Å². The lowest BCUT2D eigenvalue weighted by atomic mass is 10.1. The number of hydrogen-bond acceptors (Lipinski definition) is 3. The quantitative estimate of drug-likeness (QED) is 0.946. The van der Waals surface area contributed by atoms with Crippen LogP contribution >= 0.6 is 0 Å². The van der Waals surface area contributed by atoms with E-state index in [2.05, 4.69) is 5.32 Å². The van der Waals surface area contributed by atoms with E-state index in [9.17, 15) is 9.59 Å². The first-order valence-corrected chi connectivity index (χ1v) is 6.93. The molecular weight excluding hydrogens is 280 g/mol. The third-order valence-corrected chi connectivity index (χ3v) is 3.75. The molecule has 0 fully saturated rings. The molecule has 0 spiro atoms. The van der Waals surface area contributed by atoms with Crippen molar-refractivity contribution in [1.29, 1.82) is 0 Å². The topological polar surface area (TPSA) is 58.6 Å². The Morgan fingerprint density at radius 2 is 2.05 bits per heavy atom. The number of likely N-dealkylation sites (N-methyl/N-ethyl adjacent to an activating group) is 1. The van der Waals surface area contributed by atoms with E-state index in [-0.39, 0.29) is 11.8 Å².